The second-order valence-electron chi connectivity index (χ2n) is 7.67. The maximum atomic E-state index is 13.5. The van der Waals surface area contributed by atoms with E-state index in [1.54, 1.807) is 0 Å². The van der Waals surface area contributed by atoms with Gasteiger partial charge >= 0.3 is 17.8 Å². The molecule has 5 rings (SSSR count). The minimum atomic E-state index is -6.28. The van der Waals surface area contributed by atoms with Crippen LogP contribution in [-0.2, 0) is 20.1 Å². The fourth-order valence-electron chi connectivity index (χ4n) is 3.48. The van der Waals surface area contributed by atoms with E-state index in [1.165, 1.54) is 16.8 Å². The van der Waals surface area contributed by atoms with E-state index in [9.17, 15) is 35.1 Å². The smallest absolute Gasteiger partial charge is 0.351 e. The molecule has 2 nitrogen and oxygen atoms in total. The summed E-state index contributed by atoms with van der Waals surface area (Å²) in [4.78, 5) is 7.63. The van der Waals surface area contributed by atoms with Gasteiger partial charge in [-0.1, -0.05) is 36.0 Å². The molecule has 2 aromatic heterocycles. The minimum Gasteiger partial charge on any atom is -0.351 e. The minimum absolute atomic E-state index is 0. The van der Waals surface area contributed by atoms with Gasteiger partial charge in [-0.15, -0.1) is 47.5 Å². The van der Waals surface area contributed by atoms with Crippen LogP contribution in [0.25, 0.3) is 27.6 Å². The molecule has 1 radical (unpaired) electrons. The molecule has 0 atom stereocenters. The molecule has 0 unspecified atom stereocenters. The molecule has 0 bridgehead atoms. The number of hydrogen-bond donors (Lipinski definition) is 0. The van der Waals surface area contributed by atoms with Gasteiger partial charge in [0, 0.05) is 32.5 Å². The molecule has 2 aromatic carbocycles. The summed E-state index contributed by atoms with van der Waals surface area (Å²) in [5.74, 6) is -23.6. The summed E-state index contributed by atoms with van der Waals surface area (Å²) in [5.41, 5.74) is -0.996. The van der Waals surface area contributed by atoms with Crippen LogP contribution in [0.1, 0.15) is 5.69 Å². The molecule has 37 heavy (non-hydrogen) atoms. The molecule has 0 spiro atoms. The van der Waals surface area contributed by atoms with Crippen LogP contribution in [0.2, 0.25) is 0 Å². The maximum Gasteiger partial charge on any atom is 0.378 e. The Morgan fingerprint density at radius 2 is 1.32 bits per heavy atom. The maximum absolute atomic E-state index is 13.5. The average molecular weight is 699 g/mol. The van der Waals surface area contributed by atoms with Crippen LogP contribution in [0.4, 0.5) is 35.1 Å². The van der Waals surface area contributed by atoms with Crippen LogP contribution in [0.5, 0.6) is 0 Å². The van der Waals surface area contributed by atoms with Crippen molar-refractivity contribution >= 4 is 16.3 Å². The van der Waals surface area contributed by atoms with E-state index < -0.39 is 35.0 Å². The SMILES string of the molecule is FC1(F)[C-]=C(c2ccccn2)C(F)(F)C(F)(F)C1(F)F.[Ir].[c-]1ccccc1-c1nccc2ccccc12. The van der Waals surface area contributed by atoms with Gasteiger partial charge in [-0.3, -0.25) is 0 Å². The van der Waals surface area contributed by atoms with Crippen molar-refractivity contribution in [2.75, 3.05) is 0 Å². The van der Waals surface area contributed by atoms with E-state index in [0.717, 1.165) is 23.5 Å². The van der Waals surface area contributed by atoms with Gasteiger partial charge in [-0.05, 0) is 28.6 Å². The van der Waals surface area contributed by atoms with Gasteiger partial charge in [-0.2, -0.15) is 32.4 Å². The zero-order valence-electron chi connectivity index (χ0n) is 18.3. The zero-order valence-corrected chi connectivity index (χ0v) is 20.7. The summed E-state index contributed by atoms with van der Waals surface area (Å²) in [6.45, 7) is 0. The van der Waals surface area contributed by atoms with Crippen molar-refractivity contribution in [1.82, 2.24) is 9.97 Å². The van der Waals surface area contributed by atoms with Crippen molar-refractivity contribution in [3.8, 4) is 11.3 Å². The Morgan fingerprint density at radius 3 is 1.97 bits per heavy atom. The summed E-state index contributed by atoms with van der Waals surface area (Å²) in [6, 6.07) is 24.4. The Labute approximate surface area is 219 Å². The van der Waals surface area contributed by atoms with Crippen molar-refractivity contribution in [1.29, 1.82) is 0 Å². The number of allylic oxidation sites excluding steroid dienone is 2. The molecule has 1 aliphatic rings. The van der Waals surface area contributed by atoms with Crippen LogP contribution in [0, 0.1) is 12.1 Å². The summed E-state index contributed by atoms with van der Waals surface area (Å²) >= 11 is 0. The Balaban J connectivity index is 0.000000204. The number of pyridine rings is 2. The summed E-state index contributed by atoms with van der Waals surface area (Å²) in [5, 5.41) is 2.39. The first kappa shape index (κ1) is 28.4. The molecule has 0 saturated heterocycles. The number of alkyl halides is 8. The number of aromatic nitrogens is 2. The molecule has 2 heterocycles. The van der Waals surface area contributed by atoms with E-state index in [1.807, 2.05) is 48.7 Å². The van der Waals surface area contributed by atoms with Gasteiger partial charge in [0.2, 0.25) is 0 Å². The van der Waals surface area contributed by atoms with Gasteiger partial charge in [-0.25, -0.2) is 8.78 Å². The van der Waals surface area contributed by atoms with Crippen LogP contribution in [0.3, 0.4) is 0 Å². The Morgan fingerprint density at radius 1 is 0.649 bits per heavy atom. The molecule has 0 fully saturated rings. The van der Waals surface area contributed by atoms with Gasteiger partial charge in [0.25, 0.3) is 5.92 Å². The first-order valence-electron chi connectivity index (χ1n) is 10.3. The average Bonchev–Trinajstić information content (AvgIpc) is 2.87. The Hall–Kier alpha value is -3.17. The Kier molecular flexibility index (Phi) is 7.91. The predicted molar refractivity (Wildman–Crippen MR) is 117 cm³/mol. The zero-order chi connectivity index (χ0) is 26.2. The standard InChI is InChI=1S/C15H10N.C11H4F8N.Ir/c1-2-7-13(8-3-1)15-14-9-5-4-6-12(14)10-11-16-15;12-8(13)5-6(7-3-1-2-4-20-7)9(14,15)11(18,19)10(8,16)17;/h1-7,9-11H;1-4H;/q2*-1;. The van der Waals surface area contributed by atoms with E-state index in [4.69, 9.17) is 0 Å². The molecule has 11 heteroatoms. The summed E-state index contributed by atoms with van der Waals surface area (Å²) in [7, 11) is 0. The summed E-state index contributed by atoms with van der Waals surface area (Å²) in [6.07, 6.45) is 3.20. The van der Waals surface area contributed by atoms with Crippen molar-refractivity contribution < 1.29 is 55.2 Å². The molecule has 0 aliphatic heterocycles. The van der Waals surface area contributed by atoms with Gasteiger partial charge in [0.05, 0.1) is 0 Å². The molecular formula is C26H14F8IrN2-2. The predicted octanol–water partition coefficient (Wildman–Crippen LogP) is 7.52. The van der Waals surface area contributed by atoms with Crippen LogP contribution < -0.4 is 0 Å². The molecule has 0 N–H and O–H groups in total. The summed E-state index contributed by atoms with van der Waals surface area (Å²) < 4.78 is 105. The van der Waals surface area contributed by atoms with Gasteiger partial charge < -0.3 is 9.97 Å². The second-order valence-corrected chi connectivity index (χ2v) is 7.67. The van der Waals surface area contributed by atoms with E-state index in [0.29, 0.717) is 12.1 Å². The molecular weight excluding hydrogens is 685 g/mol. The number of benzene rings is 2. The third kappa shape index (κ3) is 4.90. The van der Waals surface area contributed by atoms with Crippen molar-refractivity contribution in [2.45, 2.75) is 23.7 Å². The first-order valence-corrected chi connectivity index (χ1v) is 10.3. The molecule has 4 aromatic rings. The fraction of sp³-hybridized carbons (Fsp3) is 0.154. The fourth-order valence-corrected chi connectivity index (χ4v) is 3.48. The van der Waals surface area contributed by atoms with Crippen molar-refractivity contribution in [3.63, 3.8) is 0 Å². The monoisotopic (exact) mass is 699 g/mol. The second kappa shape index (κ2) is 10.3. The van der Waals surface area contributed by atoms with Crippen LogP contribution in [0.15, 0.2) is 85.2 Å². The molecule has 0 amide bonds. The Bertz CT molecular complexity index is 1390. The van der Waals surface area contributed by atoms with Crippen molar-refractivity contribution in [3.05, 3.63) is 103 Å². The van der Waals surface area contributed by atoms with Gasteiger partial charge in [0.1, 0.15) is 0 Å². The third-order valence-corrected chi connectivity index (χ3v) is 5.34. The third-order valence-electron chi connectivity index (χ3n) is 5.34. The molecule has 1 aliphatic carbocycles. The van der Waals surface area contributed by atoms with E-state index >= 15 is 0 Å². The van der Waals surface area contributed by atoms with E-state index in [2.05, 4.69) is 28.2 Å². The number of rotatable bonds is 2. The molecule has 195 valence electrons. The number of halogens is 8. The normalized spacial score (nSPS) is 18.5. The number of hydrogen-bond acceptors (Lipinski definition) is 2. The number of fused-ring (bicyclic) bond motifs is 1. The first-order chi connectivity index (χ1) is 16.9. The topological polar surface area (TPSA) is 25.8 Å². The molecule has 0 saturated carbocycles. The quantitative estimate of drug-likeness (QED) is 0.160. The largest absolute Gasteiger partial charge is 0.378 e. The van der Waals surface area contributed by atoms with E-state index in [-0.39, 0.29) is 20.1 Å². The van der Waals surface area contributed by atoms with Crippen molar-refractivity contribution in [2.24, 2.45) is 0 Å². The van der Waals surface area contributed by atoms with Crippen LogP contribution >= 0.6 is 0 Å². The van der Waals surface area contributed by atoms with Gasteiger partial charge in [0.15, 0.2) is 0 Å². The van der Waals surface area contributed by atoms with Crippen LogP contribution in [-0.4, -0.2) is 33.7 Å². The number of nitrogens with zero attached hydrogens (tertiary/aromatic N) is 2.